The summed E-state index contributed by atoms with van der Waals surface area (Å²) >= 11 is 0. The summed E-state index contributed by atoms with van der Waals surface area (Å²) in [6.45, 7) is 0.550. The summed E-state index contributed by atoms with van der Waals surface area (Å²) in [6, 6.07) is 16.0. The zero-order chi connectivity index (χ0) is 21.6. The van der Waals surface area contributed by atoms with Crippen molar-refractivity contribution in [1.29, 1.82) is 0 Å². The fraction of sp³-hybridized carbons (Fsp3) is 0.360. The molecule has 3 atom stereocenters. The van der Waals surface area contributed by atoms with Gasteiger partial charge in [0.15, 0.2) is 0 Å². The van der Waals surface area contributed by atoms with Gasteiger partial charge in [0.05, 0.1) is 19.0 Å². The Morgan fingerprint density at radius 3 is 2.71 bits per heavy atom. The van der Waals surface area contributed by atoms with Crippen LogP contribution >= 0.6 is 0 Å². The smallest absolute Gasteiger partial charge is 0.251 e. The first kappa shape index (κ1) is 21.3. The molecule has 6 heteroatoms. The Kier molecular flexibility index (Phi) is 6.79. The molecule has 6 nitrogen and oxygen atoms in total. The summed E-state index contributed by atoms with van der Waals surface area (Å²) in [5, 5.41) is 3.11. The number of ether oxygens (including phenoxy) is 1. The van der Waals surface area contributed by atoms with Gasteiger partial charge in [-0.05, 0) is 54.3 Å². The quantitative estimate of drug-likeness (QED) is 0.745. The molecule has 4 rings (SSSR count). The highest BCUT2D eigenvalue weighted by Crippen LogP contribution is 2.31. The van der Waals surface area contributed by atoms with E-state index in [0.29, 0.717) is 12.2 Å². The number of benzene rings is 2. The lowest BCUT2D eigenvalue weighted by molar-refractivity contribution is 0.0921. The number of nitrogens with zero attached hydrogens (tertiary/aromatic N) is 2. The predicted octanol–water partition coefficient (Wildman–Crippen LogP) is 3.94. The molecule has 1 aliphatic carbocycles. The molecule has 0 spiro atoms. The highest BCUT2D eigenvalue weighted by atomic mass is 16.5. The van der Waals surface area contributed by atoms with Crippen LogP contribution in [0.15, 0.2) is 65.8 Å². The largest absolute Gasteiger partial charge is 0.380 e. The molecule has 0 aromatic heterocycles. The summed E-state index contributed by atoms with van der Waals surface area (Å²) < 4.78 is 5.38. The number of methoxy groups -OCH3 is 1. The summed E-state index contributed by atoms with van der Waals surface area (Å²) in [4.78, 5) is 19.1. The van der Waals surface area contributed by atoms with Crippen LogP contribution in [0.4, 0.5) is 5.69 Å². The van der Waals surface area contributed by atoms with Crippen LogP contribution in [0.5, 0.6) is 0 Å². The number of aliphatic imine (C=N–C) groups is 1. The van der Waals surface area contributed by atoms with Crippen LogP contribution in [0.1, 0.15) is 53.2 Å². The van der Waals surface area contributed by atoms with E-state index in [0.717, 1.165) is 36.9 Å². The molecule has 1 heterocycles. The van der Waals surface area contributed by atoms with Crippen LogP contribution in [-0.2, 0) is 11.3 Å². The number of anilines is 1. The first-order valence-corrected chi connectivity index (χ1v) is 10.9. The molecule has 0 radical (unpaired) electrons. The van der Waals surface area contributed by atoms with E-state index in [1.54, 1.807) is 7.11 Å². The van der Waals surface area contributed by atoms with Gasteiger partial charge in [-0.3, -0.25) is 4.79 Å². The molecule has 1 saturated carbocycles. The van der Waals surface area contributed by atoms with Crippen molar-refractivity contribution in [2.45, 2.75) is 50.4 Å². The highest BCUT2D eigenvalue weighted by molar-refractivity contribution is 5.95. The van der Waals surface area contributed by atoms with Crippen LogP contribution in [0.3, 0.4) is 0 Å². The third-order valence-electron chi connectivity index (χ3n) is 6.08. The number of amides is 1. The minimum absolute atomic E-state index is 0.00348. The van der Waals surface area contributed by atoms with Crippen LogP contribution in [0, 0.1) is 0 Å². The Bertz CT molecular complexity index is 954. The van der Waals surface area contributed by atoms with Crippen molar-refractivity contribution in [3.8, 4) is 0 Å². The Morgan fingerprint density at radius 1 is 1.16 bits per heavy atom. The van der Waals surface area contributed by atoms with Crippen LogP contribution in [-0.4, -0.2) is 31.4 Å². The molecule has 31 heavy (non-hydrogen) atoms. The SMILES string of the molecule is COCc1ccccc1C1C=CN=CN1c1ccc(C(=O)NC2CCCC[C@@H]2N)cc1. The lowest BCUT2D eigenvalue weighted by atomic mass is 9.91. The van der Waals surface area contributed by atoms with Crippen molar-refractivity contribution in [3.63, 3.8) is 0 Å². The number of hydrogen-bond acceptors (Lipinski definition) is 5. The van der Waals surface area contributed by atoms with E-state index < -0.39 is 0 Å². The van der Waals surface area contributed by atoms with Crippen LogP contribution in [0.25, 0.3) is 0 Å². The molecule has 2 aliphatic rings. The van der Waals surface area contributed by atoms with Crippen LogP contribution in [0.2, 0.25) is 0 Å². The van der Waals surface area contributed by atoms with Crippen molar-refractivity contribution >= 4 is 17.9 Å². The fourth-order valence-corrected chi connectivity index (χ4v) is 4.37. The van der Waals surface area contributed by atoms with E-state index in [2.05, 4.69) is 33.4 Å². The molecule has 2 unspecified atom stereocenters. The molecule has 0 bridgehead atoms. The Hall–Kier alpha value is -2.96. The van der Waals surface area contributed by atoms with Gasteiger partial charge in [-0.25, -0.2) is 4.99 Å². The standard InChI is InChI=1S/C25H30N4O2/c1-31-16-19-6-2-3-7-21(19)24-14-15-27-17-29(24)20-12-10-18(11-13-20)25(30)28-23-9-5-4-8-22(23)26/h2-3,6-7,10-15,17,22-24H,4-5,8-9,16,26H2,1H3,(H,28,30)/t22-,23?,24?/m0/s1. The second-order valence-electron chi connectivity index (χ2n) is 8.17. The van der Waals surface area contributed by atoms with Crippen LogP contribution < -0.4 is 16.0 Å². The molecule has 2 aromatic carbocycles. The topological polar surface area (TPSA) is 80.0 Å². The first-order chi connectivity index (χ1) is 15.2. The lowest BCUT2D eigenvalue weighted by Crippen LogP contribution is -2.49. The van der Waals surface area contributed by atoms with Gasteiger partial charge in [-0.15, -0.1) is 0 Å². The average Bonchev–Trinajstić information content (AvgIpc) is 2.81. The number of nitrogens with two attached hydrogens (primary N) is 1. The Morgan fingerprint density at radius 2 is 1.94 bits per heavy atom. The third-order valence-corrected chi connectivity index (χ3v) is 6.08. The normalized spacial score (nSPS) is 23.0. The second kappa shape index (κ2) is 9.90. The van der Waals surface area contributed by atoms with Gasteiger partial charge in [0.25, 0.3) is 5.91 Å². The zero-order valence-corrected chi connectivity index (χ0v) is 17.9. The molecule has 3 N–H and O–H groups in total. The van der Waals surface area contributed by atoms with Crippen molar-refractivity contribution in [2.75, 3.05) is 12.0 Å². The van der Waals surface area contributed by atoms with E-state index in [1.165, 1.54) is 5.56 Å². The first-order valence-electron chi connectivity index (χ1n) is 10.9. The molecule has 162 valence electrons. The second-order valence-corrected chi connectivity index (χ2v) is 8.17. The molecule has 1 fully saturated rings. The van der Waals surface area contributed by atoms with Gasteiger partial charge in [0.1, 0.15) is 0 Å². The summed E-state index contributed by atoms with van der Waals surface area (Å²) in [5.41, 5.74) is 10.1. The molecule has 2 aromatic rings. The zero-order valence-electron chi connectivity index (χ0n) is 17.9. The molecular weight excluding hydrogens is 388 g/mol. The maximum absolute atomic E-state index is 12.7. The van der Waals surface area contributed by atoms with E-state index in [-0.39, 0.29) is 24.0 Å². The van der Waals surface area contributed by atoms with E-state index >= 15 is 0 Å². The van der Waals surface area contributed by atoms with E-state index in [9.17, 15) is 4.79 Å². The van der Waals surface area contributed by atoms with Crippen molar-refractivity contribution < 1.29 is 9.53 Å². The predicted molar refractivity (Wildman–Crippen MR) is 124 cm³/mol. The van der Waals surface area contributed by atoms with Gasteiger partial charge in [0, 0.05) is 36.6 Å². The van der Waals surface area contributed by atoms with E-state index in [1.807, 2.05) is 48.9 Å². The van der Waals surface area contributed by atoms with Crippen molar-refractivity contribution in [2.24, 2.45) is 10.7 Å². The van der Waals surface area contributed by atoms with Gasteiger partial charge in [-0.2, -0.15) is 0 Å². The average molecular weight is 419 g/mol. The fourth-order valence-electron chi connectivity index (χ4n) is 4.37. The Balaban J connectivity index is 1.51. The minimum atomic E-state index is -0.0666. The van der Waals surface area contributed by atoms with Gasteiger partial charge in [-0.1, -0.05) is 37.1 Å². The third kappa shape index (κ3) is 4.86. The number of carbonyl (C=O) groups excluding carboxylic acids is 1. The van der Waals surface area contributed by atoms with E-state index in [4.69, 9.17) is 10.5 Å². The maximum atomic E-state index is 12.7. The number of nitrogens with one attached hydrogen (secondary N) is 1. The van der Waals surface area contributed by atoms with Gasteiger partial charge in [0.2, 0.25) is 0 Å². The number of rotatable bonds is 6. The number of carbonyl (C=O) groups is 1. The van der Waals surface area contributed by atoms with Gasteiger partial charge >= 0.3 is 0 Å². The molecule has 1 aliphatic heterocycles. The Labute approximate surface area is 183 Å². The number of hydrogen-bond donors (Lipinski definition) is 2. The highest BCUT2D eigenvalue weighted by Gasteiger charge is 2.25. The maximum Gasteiger partial charge on any atom is 0.251 e. The summed E-state index contributed by atoms with van der Waals surface area (Å²) in [5.74, 6) is -0.0666. The molecular formula is C25H30N4O2. The monoisotopic (exact) mass is 418 g/mol. The summed E-state index contributed by atoms with van der Waals surface area (Å²) in [6.07, 6.45) is 9.89. The van der Waals surface area contributed by atoms with Crippen molar-refractivity contribution in [3.05, 3.63) is 77.5 Å². The van der Waals surface area contributed by atoms with Gasteiger partial charge < -0.3 is 20.7 Å². The lowest BCUT2D eigenvalue weighted by Gasteiger charge is -2.31. The van der Waals surface area contributed by atoms with Crippen molar-refractivity contribution in [1.82, 2.24) is 5.32 Å². The minimum Gasteiger partial charge on any atom is -0.380 e. The molecule has 1 amide bonds. The summed E-state index contributed by atoms with van der Waals surface area (Å²) in [7, 11) is 1.71. The molecule has 0 saturated heterocycles.